The van der Waals surface area contributed by atoms with Crippen molar-refractivity contribution in [3.8, 4) is 11.3 Å². The monoisotopic (exact) mass is 222 g/mol. The van der Waals surface area contributed by atoms with Crippen LogP contribution < -0.4 is 5.32 Å². The second-order valence-electron chi connectivity index (χ2n) is 3.19. The van der Waals surface area contributed by atoms with Crippen LogP contribution in [0.5, 0.6) is 0 Å². The van der Waals surface area contributed by atoms with Crippen LogP contribution in [-0.2, 0) is 0 Å². The number of aromatic nitrogens is 1. The molecule has 0 bridgehead atoms. The van der Waals surface area contributed by atoms with Gasteiger partial charge in [-0.05, 0) is 31.2 Å². The zero-order valence-corrected chi connectivity index (χ0v) is 9.30. The van der Waals surface area contributed by atoms with E-state index in [1.807, 2.05) is 31.2 Å². The van der Waals surface area contributed by atoms with E-state index < -0.39 is 0 Å². The van der Waals surface area contributed by atoms with Crippen LogP contribution in [0.4, 0.5) is 6.01 Å². The van der Waals surface area contributed by atoms with Crippen LogP contribution in [0.2, 0.25) is 5.02 Å². The number of anilines is 1. The molecule has 0 unspecified atom stereocenters. The van der Waals surface area contributed by atoms with Gasteiger partial charge in [0.15, 0.2) is 5.76 Å². The maximum atomic E-state index is 5.81. The Kier molecular flexibility index (Phi) is 2.64. The summed E-state index contributed by atoms with van der Waals surface area (Å²) in [7, 11) is 1.77. The molecule has 0 amide bonds. The summed E-state index contributed by atoms with van der Waals surface area (Å²) in [5, 5.41) is 3.58. The molecule has 0 saturated carbocycles. The molecule has 3 nitrogen and oxygen atoms in total. The summed E-state index contributed by atoms with van der Waals surface area (Å²) in [5.41, 5.74) is 1.84. The lowest BCUT2D eigenvalue weighted by atomic mass is 10.1. The quantitative estimate of drug-likeness (QED) is 0.847. The number of benzene rings is 1. The third-order valence-corrected chi connectivity index (χ3v) is 2.37. The molecule has 15 heavy (non-hydrogen) atoms. The van der Waals surface area contributed by atoms with E-state index in [1.165, 1.54) is 0 Å². The molecule has 0 atom stereocenters. The number of nitrogens with zero attached hydrogens (tertiary/aromatic N) is 1. The lowest BCUT2D eigenvalue weighted by Gasteiger charge is -1.97. The average Bonchev–Trinajstić information content (AvgIpc) is 2.61. The number of oxazole rings is 1. The molecule has 0 radical (unpaired) electrons. The molecule has 2 rings (SSSR count). The van der Waals surface area contributed by atoms with E-state index in [-0.39, 0.29) is 0 Å². The fraction of sp³-hybridized carbons (Fsp3) is 0.182. The summed E-state index contributed by atoms with van der Waals surface area (Å²) >= 11 is 5.81. The van der Waals surface area contributed by atoms with Gasteiger partial charge in [0.05, 0.1) is 5.69 Å². The molecule has 1 aromatic heterocycles. The van der Waals surface area contributed by atoms with E-state index in [1.54, 1.807) is 7.05 Å². The van der Waals surface area contributed by atoms with Gasteiger partial charge in [0, 0.05) is 17.6 Å². The topological polar surface area (TPSA) is 38.1 Å². The summed E-state index contributed by atoms with van der Waals surface area (Å²) in [6.45, 7) is 1.91. The predicted octanol–water partition coefficient (Wildman–Crippen LogP) is 3.35. The highest BCUT2D eigenvalue weighted by Crippen LogP contribution is 2.27. The van der Waals surface area contributed by atoms with Crippen LogP contribution in [0.15, 0.2) is 28.7 Å². The predicted molar refractivity (Wildman–Crippen MR) is 61.2 cm³/mol. The molecule has 2 aromatic rings. The van der Waals surface area contributed by atoms with Crippen molar-refractivity contribution in [3.05, 3.63) is 35.0 Å². The molecule has 1 heterocycles. The molecule has 0 spiro atoms. The molecular weight excluding hydrogens is 212 g/mol. The minimum Gasteiger partial charge on any atom is -0.423 e. The number of hydrogen-bond donors (Lipinski definition) is 1. The van der Waals surface area contributed by atoms with E-state index in [0.717, 1.165) is 17.0 Å². The Labute approximate surface area is 93.1 Å². The van der Waals surface area contributed by atoms with Gasteiger partial charge in [0.25, 0.3) is 6.01 Å². The third kappa shape index (κ3) is 1.97. The smallest absolute Gasteiger partial charge is 0.295 e. The molecule has 1 aromatic carbocycles. The van der Waals surface area contributed by atoms with Crippen molar-refractivity contribution in [3.63, 3.8) is 0 Å². The molecule has 0 saturated heterocycles. The fourth-order valence-electron chi connectivity index (χ4n) is 1.37. The van der Waals surface area contributed by atoms with Crippen LogP contribution >= 0.6 is 11.6 Å². The van der Waals surface area contributed by atoms with Gasteiger partial charge in [-0.1, -0.05) is 11.6 Å². The van der Waals surface area contributed by atoms with Gasteiger partial charge in [-0.2, -0.15) is 4.98 Å². The van der Waals surface area contributed by atoms with Gasteiger partial charge in [-0.15, -0.1) is 0 Å². The molecule has 1 N–H and O–H groups in total. The van der Waals surface area contributed by atoms with Crippen LogP contribution in [-0.4, -0.2) is 12.0 Å². The summed E-state index contributed by atoms with van der Waals surface area (Å²) in [6.07, 6.45) is 0. The lowest BCUT2D eigenvalue weighted by molar-refractivity contribution is 0.589. The van der Waals surface area contributed by atoms with Crippen molar-refractivity contribution in [2.75, 3.05) is 12.4 Å². The fourth-order valence-corrected chi connectivity index (χ4v) is 1.50. The van der Waals surface area contributed by atoms with Crippen molar-refractivity contribution in [2.24, 2.45) is 0 Å². The summed E-state index contributed by atoms with van der Waals surface area (Å²) in [4.78, 5) is 4.22. The molecule has 0 aliphatic rings. The van der Waals surface area contributed by atoms with Crippen molar-refractivity contribution >= 4 is 17.6 Å². The number of halogens is 1. The maximum Gasteiger partial charge on any atom is 0.295 e. The Bertz CT molecular complexity index is 462. The Morgan fingerprint density at radius 1 is 1.27 bits per heavy atom. The molecule has 0 aliphatic heterocycles. The van der Waals surface area contributed by atoms with E-state index in [2.05, 4.69) is 10.3 Å². The molecular formula is C11H11ClN2O. The first-order valence-corrected chi connectivity index (χ1v) is 4.99. The number of hydrogen-bond acceptors (Lipinski definition) is 3. The SMILES string of the molecule is CNc1nc(C)c(-c2ccc(Cl)cc2)o1. The highest BCUT2D eigenvalue weighted by molar-refractivity contribution is 6.30. The Balaban J connectivity index is 2.44. The van der Waals surface area contributed by atoms with Gasteiger partial charge >= 0.3 is 0 Å². The first-order valence-electron chi connectivity index (χ1n) is 4.62. The number of rotatable bonds is 2. The van der Waals surface area contributed by atoms with E-state index in [4.69, 9.17) is 16.0 Å². The van der Waals surface area contributed by atoms with Crippen molar-refractivity contribution in [2.45, 2.75) is 6.92 Å². The Hall–Kier alpha value is -1.48. The zero-order valence-electron chi connectivity index (χ0n) is 8.54. The molecule has 4 heteroatoms. The lowest BCUT2D eigenvalue weighted by Crippen LogP contribution is -1.85. The number of aryl methyl sites for hydroxylation is 1. The van der Waals surface area contributed by atoms with Gasteiger partial charge < -0.3 is 9.73 Å². The van der Waals surface area contributed by atoms with Crippen molar-refractivity contribution in [1.82, 2.24) is 4.98 Å². The Morgan fingerprint density at radius 3 is 2.47 bits per heavy atom. The summed E-state index contributed by atoms with van der Waals surface area (Å²) in [6, 6.07) is 8.01. The van der Waals surface area contributed by atoms with Crippen LogP contribution in [0.25, 0.3) is 11.3 Å². The second-order valence-corrected chi connectivity index (χ2v) is 3.63. The standard InChI is InChI=1S/C11H11ClN2O/c1-7-10(15-11(13-2)14-7)8-3-5-9(12)6-4-8/h3-6H,1-2H3,(H,13,14). The molecule has 78 valence electrons. The minimum atomic E-state index is 0.525. The van der Waals surface area contributed by atoms with Crippen LogP contribution in [0, 0.1) is 6.92 Å². The maximum absolute atomic E-state index is 5.81. The minimum absolute atomic E-state index is 0.525. The normalized spacial score (nSPS) is 10.3. The first-order chi connectivity index (χ1) is 7.20. The third-order valence-electron chi connectivity index (χ3n) is 2.12. The zero-order chi connectivity index (χ0) is 10.8. The Morgan fingerprint density at radius 2 is 1.93 bits per heavy atom. The van der Waals surface area contributed by atoms with Crippen LogP contribution in [0.3, 0.4) is 0 Å². The van der Waals surface area contributed by atoms with Gasteiger partial charge in [0.2, 0.25) is 0 Å². The summed E-state index contributed by atoms with van der Waals surface area (Å²) in [5.74, 6) is 0.774. The van der Waals surface area contributed by atoms with Crippen LogP contribution in [0.1, 0.15) is 5.69 Å². The second kappa shape index (κ2) is 3.95. The van der Waals surface area contributed by atoms with Crippen molar-refractivity contribution in [1.29, 1.82) is 0 Å². The highest BCUT2D eigenvalue weighted by Gasteiger charge is 2.10. The van der Waals surface area contributed by atoms with Gasteiger partial charge in [0.1, 0.15) is 0 Å². The average molecular weight is 223 g/mol. The number of nitrogens with one attached hydrogen (secondary N) is 1. The van der Waals surface area contributed by atoms with Gasteiger partial charge in [-0.25, -0.2) is 0 Å². The molecule has 0 fully saturated rings. The summed E-state index contributed by atoms with van der Waals surface area (Å²) < 4.78 is 5.52. The highest BCUT2D eigenvalue weighted by atomic mass is 35.5. The largest absolute Gasteiger partial charge is 0.423 e. The van der Waals surface area contributed by atoms with E-state index >= 15 is 0 Å². The van der Waals surface area contributed by atoms with Gasteiger partial charge in [-0.3, -0.25) is 0 Å². The van der Waals surface area contributed by atoms with Crippen molar-refractivity contribution < 1.29 is 4.42 Å². The molecule has 0 aliphatic carbocycles. The van der Waals surface area contributed by atoms with E-state index in [0.29, 0.717) is 11.0 Å². The van der Waals surface area contributed by atoms with E-state index in [9.17, 15) is 0 Å². The first kappa shape index (κ1) is 10.1.